The molecule has 0 aliphatic carbocycles. The molecule has 0 atom stereocenters. The smallest absolute Gasteiger partial charge is 0.0554 e. The van der Waals surface area contributed by atoms with E-state index in [1.54, 1.807) is 0 Å². The van der Waals surface area contributed by atoms with Gasteiger partial charge in [0.05, 0.1) is 13.2 Å². The number of aromatic nitrogens is 1. The Morgan fingerprint density at radius 1 is 1.44 bits per heavy atom. The zero-order chi connectivity index (χ0) is 12.6. The molecule has 96 valence electrons. The third-order valence-electron chi connectivity index (χ3n) is 3.50. The summed E-state index contributed by atoms with van der Waals surface area (Å²) in [5.74, 6) is 0. The molecule has 1 aliphatic rings. The van der Waals surface area contributed by atoms with Gasteiger partial charge >= 0.3 is 0 Å². The number of H-pyrrole nitrogens is 1. The van der Waals surface area contributed by atoms with E-state index in [0.29, 0.717) is 5.41 Å². The van der Waals surface area contributed by atoms with Crippen molar-refractivity contribution in [1.29, 1.82) is 0 Å². The molecule has 0 bridgehead atoms. The van der Waals surface area contributed by atoms with E-state index in [2.05, 4.69) is 23.3 Å². The molecule has 1 aromatic heterocycles. The van der Waals surface area contributed by atoms with E-state index in [-0.39, 0.29) is 0 Å². The maximum absolute atomic E-state index is 5.97. The summed E-state index contributed by atoms with van der Waals surface area (Å²) in [4.78, 5) is 3.26. The molecule has 4 heteroatoms. The third-order valence-corrected chi connectivity index (χ3v) is 3.73. The number of ether oxygens (including phenoxy) is 1. The summed E-state index contributed by atoms with van der Waals surface area (Å²) < 4.78 is 5.25. The number of hydrogen-bond donors (Lipinski definition) is 2. The van der Waals surface area contributed by atoms with Gasteiger partial charge in [0.25, 0.3) is 0 Å². The number of nitrogens with one attached hydrogen (secondary N) is 2. The predicted molar refractivity (Wildman–Crippen MR) is 73.9 cm³/mol. The van der Waals surface area contributed by atoms with Gasteiger partial charge in [-0.3, -0.25) is 0 Å². The zero-order valence-electron chi connectivity index (χ0n) is 10.4. The van der Waals surface area contributed by atoms with Gasteiger partial charge in [-0.25, -0.2) is 0 Å². The van der Waals surface area contributed by atoms with Crippen LogP contribution in [0.25, 0.3) is 10.9 Å². The summed E-state index contributed by atoms with van der Waals surface area (Å²) in [5, 5.41) is 5.51. The van der Waals surface area contributed by atoms with Gasteiger partial charge in [-0.15, -0.1) is 0 Å². The first kappa shape index (κ1) is 12.0. The highest BCUT2D eigenvalue weighted by molar-refractivity contribution is 6.31. The van der Waals surface area contributed by atoms with E-state index in [1.165, 1.54) is 10.9 Å². The number of rotatable bonds is 4. The molecule has 1 aromatic carbocycles. The normalized spacial score (nSPS) is 17.9. The van der Waals surface area contributed by atoms with E-state index >= 15 is 0 Å². The molecule has 0 saturated carbocycles. The van der Waals surface area contributed by atoms with Gasteiger partial charge in [-0.2, -0.15) is 0 Å². The highest BCUT2D eigenvalue weighted by Crippen LogP contribution is 2.26. The van der Waals surface area contributed by atoms with Crippen LogP contribution in [0, 0.1) is 5.41 Å². The van der Waals surface area contributed by atoms with Crippen molar-refractivity contribution >= 4 is 22.5 Å². The van der Waals surface area contributed by atoms with E-state index in [9.17, 15) is 0 Å². The second-order valence-electron chi connectivity index (χ2n) is 5.41. The van der Waals surface area contributed by atoms with Crippen LogP contribution in [0.15, 0.2) is 24.4 Å². The zero-order valence-corrected chi connectivity index (χ0v) is 11.2. The van der Waals surface area contributed by atoms with Crippen molar-refractivity contribution in [2.24, 2.45) is 5.41 Å². The van der Waals surface area contributed by atoms with Gasteiger partial charge in [0.15, 0.2) is 0 Å². The lowest BCUT2D eigenvalue weighted by Crippen LogP contribution is -2.47. The van der Waals surface area contributed by atoms with Crippen LogP contribution in [0.3, 0.4) is 0 Å². The minimum absolute atomic E-state index is 0.315. The molecular formula is C14H17ClN2O. The Kier molecular flexibility index (Phi) is 3.06. The SMILES string of the molecule is CC1(CNCc2c[nH]c3cc(Cl)ccc23)COC1. The average Bonchev–Trinajstić information content (AvgIpc) is 2.69. The summed E-state index contributed by atoms with van der Waals surface area (Å²) in [7, 11) is 0. The maximum atomic E-state index is 5.97. The first-order chi connectivity index (χ1) is 8.66. The fraction of sp³-hybridized carbons (Fsp3) is 0.429. The molecule has 3 nitrogen and oxygen atoms in total. The van der Waals surface area contributed by atoms with Gasteiger partial charge < -0.3 is 15.0 Å². The maximum Gasteiger partial charge on any atom is 0.0554 e. The molecule has 0 spiro atoms. The first-order valence-electron chi connectivity index (χ1n) is 6.20. The van der Waals surface area contributed by atoms with Gasteiger partial charge in [-0.05, 0) is 17.7 Å². The van der Waals surface area contributed by atoms with E-state index in [0.717, 1.165) is 36.8 Å². The van der Waals surface area contributed by atoms with Crippen molar-refractivity contribution in [2.75, 3.05) is 19.8 Å². The first-order valence-corrected chi connectivity index (χ1v) is 6.58. The van der Waals surface area contributed by atoms with Crippen LogP contribution < -0.4 is 5.32 Å². The fourth-order valence-corrected chi connectivity index (χ4v) is 2.53. The number of benzene rings is 1. The van der Waals surface area contributed by atoms with Gasteiger partial charge in [0.1, 0.15) is 0 Å². The van der Waals surface area contributed by atoms with E-state index in [1.807, 2.05) is 18.3 Å². The second kappa shape index (κ2) is 4.57. The van der Waals surface area contributed by atoms with Gasteiger partial charge in [-0.1, -0.05) is 24.6 Å². The van der Waals surface area contributed by atoms with Gasteiger partial charge in [0.2, 0.25) is 0 Å². The van der Waals surface area contributed by atoms with Crippen LogP contribution in [-0.2, 0) is 11.3 Å². The number of halogens is 1. The number of fused-ring (bicyclic) bond motifs is 1. The number of hydrogen-bond acceptors (Lipinski definition) is 2. The Balaban J connectivity index is 1.67. The second-order valence-corrected chi connectivity index (χ2v) is 5.85. The predicted octanol–water partition coefficient (Wildman–Crippen LogP) is 2.95. The standard InChI is InChI=1S/C14H17ClN2O/c1-14(8-18-9-14)7-16-5-10-6-17-13-4-11(15)2-3-12(10)13/h2-4,6,16-17H,5,7-9H2,1H3. The summed E-state index contributed by atoms with van der Waals surface area (Å²) in [6, 6.07) is 5.96. The molecule has 3 rings (SSSR count). The van der Waals surface area contributed by atoms with Crippen molar-refractivity contribution in [3.05, 3.63) is 35.0 Å². The molecular weight excluding hydrogens is 248 g/mol. The van der Waals surface area contributed by atoms with Crippen molar-refractivity contribution < 1.29 is 4.74 Å². The molecule has 2 aromatic rings. The van der Waals surface area contributed by atoms with Crippen molar-refractivity contribution in [2.45, 2.75) is 13.5 Å². The fourth-order valence-electron chi connectivity index (χ4n) is 2.36. The lowest BCUT2D eigenvalue weighted by molar-refractivity contribution is -0.0991. The average molecular weight is 265 g/mol. The van der Waals surface area contributed by atoms with Crippen LogP contribution >= 0.6 is 11.6 Å². The summed E-state index contributed by atoms with van der Waals surface area (Å²) in [6.07, 6.45) is 2.05. The molecule has 18 heavy (non-hydrogen) atoms. The van der Waals surface area contributed by atoms with E-state index < -0.39 is 0 Å². The lowest BCUT2D eigenvalue weighted by atomic mass is 9.89. The minimum atomic E-state index is 0.315. The monoisotopic (exact) mass is 264 g/mol. The third kappa shape index (κ3) is 2.26. The minimum Gasteiger partial charge on any atom is -0.380 e. The molecule has 1 saturated heterocycles. The summed E-state index contributed by atoms with van der Waals surface area (Å²) in [5.41, 5.74) is 2.69. The quantitative estimate of drug-likeness (QED) is 0.891. The van der Waals surface area contributed by atoms with Crippen LogP contribution in [0.4, 0.5) is 0 Å². The molecule has 0 amide bonds. The van der Waals surface area contributed by atoms with Crippen molar-refractivity contribution in [3.8, 4) is 0 Å². The van der Waals surface area contributed by atoms with Crippen molar-refractivity contribution in [3.63, 3.8) is 0 Å². The molecule has 2 heterocycles. The largest absolute Gasteiger partial charge is 0.380 e. The topological polar surface area (TPSA) is 37.0 Å². The van der Waals surface area contributed by atoms with Crippen LogP contribution in [0.5, 0.6) is 0 Å². The Morgan fingerprint density at radius 2 is 2.28 bits per heavy atom. The van der Waals surface area contributed by atoms with Crippen LogP contribution in [0.1, 0.15) is 12.5 Å². The van der Waals surface area contributed by atoms with Crippen LogP contribution in [-0.4, -0.2) is 24.7 Å². The molecule has 0 radical (unpaired) electrons. The number of aromatic amines is 1. The molecule has 1 fully saturated rings. The Morgan fingerprint density at radius 3 is 3.00 bits per heavy atom. The Bertz CT molecular complexity index is 560. The highest BCUT2D eigenvalue weighted by Gasteiger charge is 2.32. The molecule has 1 aliphatic heterocycles. The Labute approximate surface area is 111 Å². The highest BCUT2D eigenvalue weighted by atomic mass is 35.5. The lowest BCUT2D eigenvalue weighted by Gasteiger charge is -2.38. The molecule has 0 unspecified atom stereocenters. The summed E-state index contributed by atoms with van der Waals surface area (Å²) >= 11 is 5.97. The van der Waals surface area contributed by atoms with Crippen molar-refractivity contribution in [1.82, 2.24) is 10.3 Å². The van der Waals surface area contributed by atoms with E-state index in [4.69, 9.17) is 16.3 Å². The summed E-state index contributed by atoms with van der Waals surface area (Å²) in [6.45, 7) is 5.84. The molecule has 2 N–H and O–H groups in total. The van der Waals surface area contributed by atoms with Crippen LogP contribution in [0.2, 0.25) is 5.02 Å². The van der Waals surface area contributed by atoms with Gasteiger partial charge in [0, 0.05) is 40.6 Å². The Hall–Kier alpha value is -1.03.